The van der Waals surface area contributed by atoms with E-state index in [0.29, 0.717) is 5.13 Å². The van der Waals surface area contributed by atoms with Crippen LogP contribution < -0.4 is 5.73 Å². The number of rotatable bonds is 2. The van der Waals surface area contributed by atoms with Gasteiger partial charge in [-0.2, -0.15) is 5.10 Å². The lowest BCUT2D eigenvalue weighted by molar-refractivity contribution is 0.978. The molecule has 2 heterocycles. The zero-order valence-corrected chi connectivity index (χ0v) is 7.14. The van der Waals surface area contributed by atoms with E-state index < -0.39 is 0 Å². The average Bonchev–Trinajstić information content (AvgIpc) is 2.63. The standard InChI is InChI=1S/C7H8N4S/c8-7-10-6(4-12-7)3-5-1-2-9-11-5/h1-2,4H,3H2,(H2,8,10)(H,9,11). The summed E-state index contributed by atoms with van der Waals surface area (Å²) in [6, 6.07) is 1.93. The highest BCUT2D eigenvalue weighted by atomic mass is 32.1. The second kappa shape index (κ2) is 2.94. The van der Waals surface area contributed by atoms with E-state index in [1.807, 2.05) is 11.4 Å². The van der Waals surface area contributed by atoms with Crippen LogP contribution in [0.3, 0.4) is 0 Å². The summed E-state index contributed by atoms with van der Waals surface area (Å²) < 4.78 is 0. The number of nitrogens with two attached hydrogens (primary N) is 1. The molecule has 0 aliphatic heterocycles. The van der Waals surface area contributed by atoms with Crippen LogP contribution >= 0.6 is 11.3 Å². The lowest BCUT2D eigenvalue weighted by atomic mass is 10.3. The van der Waals surface area contributed by atoms with Gasteiger partial charge in [0.2, 0.25) is 0 Å². The molecular weight excluding hydrogens is 172 g/mol. The zero-order valence-electron chi connectivity index (χ0n) is 6.32. The van der Waals surface area contributed by atoms with E-state index in [4.69, 9.17) is 5.73 Å². The number of anilines is 1. The molecule has 0 radical (unpaired) electrons. The molecule has 0 fully saturated rings. The second-order valence-corrected chi connectivity index (χ2v) is 3.31. The molecule has 2 aromatic heterocycles. The average molecular weight is 180 g/mol. The highest BCUT2D eigenvalue weighted by Gasteiger charge is 2.01. The van der Waals surface area contributed by atoms with Crippen molar-refractivity contribution in [2.24, 2.45) is 0 Å². The van der Waals surface area contributed by atoms with Gasteiger partial charge in [0.1, 0.15) is 0 Å². The fraction of sp³-hybridized carbons (Fsp3) is 0.143. The van der Waals surface area contributed by atoms with Crippen molar-refractivity contribution in [3.63, 3.8) is 0 Å². The molecule has 0 amide bonds. The normalized spacial score (nSPS) is 10.3. The lowest BCUT2D eigenvalue weighted by Crippen LogP contribution is -1.90. The molecule has 0 aromatic carbocycles. The number of nitrogens with zero attached hydrogens (tertiary/aromatic N) is 2. The summed E-state index contributed by atoms with van der Waals surface area (Å²) in [7, 11) is 0. The van der Waals surface area contributed by atoms with Crippen molar-refractivity contribution in [1.82, 2.24) is 15.2 Å². The summed E-state index contributed by atoms with van der Waals surface area (Å²) in [5.74, 6) is 0. The van der Waals surface area contributed by atoms with Gasteiger partial charge in [0, 0.05) is 18.0 Å². The van der Waals surface area contributed by atoms with Crippen LogP contribution in [-0.2, 0) is 6.42 Å². The second-order valence-electron chi connectivity index (χ2n) is 2.42. The number of aromatic amines is 1. The molecule has 0 saturated heterocycles. The summed E-state index contributed by atoms with van der Waals surface area (Å²) in [6.07, 6.45) is 2.54. The van der Waals surface area contributed by atoms with Gasteiger partial charge in [0.25, 0.3) is 0 Å². The summed E-state index contributed by atoms with van der Waals surface area (Å²) in [6.45, 7) is 0. The monoisotopic (exact) mass is 180 g/mol. The Morgan fingerprint density at radius 1 is 1.50 bits per heavy atom. The smallest absolute Gasteiger partial charge is 0.180 e. The van der Waals surface area contributed by atoms with Crippen LogP contribution in [0.15, 0.2) is 17.6 Å². The molecule has 2 aromatic rings. The summed E-state index contributed by atoms with van der Waals surface area (Å²) in [5, 5.41) is 9.33. The number of hydrogen-bond acceptors (Lipinski definition) is 4. The van der Waals surface area contributed by atoms with Crippen LogP contribution in [0.4, 0.5) is 5.13 Å². The van der Waals surface area contributed by atoms with E-state index >= 15 is 0 Å². The van der Waals surface area contributed by atoms with Crippen LogP contribution in [0.1, 0.15) is 11.4 Å². The van der Waals surface area contributed by atoms with Crippen LogP contribution in [0, 0.1) is 0 Å². The first kappa shape index (κ1) is 7.30. The quantitative estimate of drug-likeness (QED) is 0.725. The largest absolute Gasteiger partial charge is 0.375 e. The number of hydrogen-bond donors (Lipinski definition) is 2. The molecule has 5 heteroatoms. The van der Waals surface area contributed by atoms with Gasteiger partial charge >= 0.3 is 0 Å². The molecule has 3 N–H and O–H groups in total. The van der Waals surface area contributed by atoms with Crippen LogP contribution in [0.5, 0.6) is 0 Å². The molecule has 0 aliphatic carbocycles. The molecular formula is C7H8N4S. The van der Waals surface area contributed by atoms with Gasteiger partial charge in [-0.25, -0.2) is 4.98 Å². The van der Waals surface area contributed by atoms with Gasteiger partial charge in [-0.3, -0.25) is 5.10 Å². The maximum absolute atomic E-state index is 5.49. The third-order valence-corrected chi connectivity index (χ3v) is 2.21. The Balaban J connectivity index is 2.14. The fourth-order valence-corrected chi connectivity index (χ4v) is 1.54. The molecule has 4 nitrogen and oxygen atoms in total. The van der Waals surface area contributed by atoms with E-state index in [9.17, 15) is 0 Å². The predicted molar refractivity (Wildman–Crippen MR) is 47.9 cm³/mol. The van der Waals surface area contributed by atoms with Crippen molar-refractivity contribution < 1.29 is 0 Å². The van der Waals surface area contributed by atoms with Crippen molar-refractivity contribution >= 4 is 16.5 Å². The minimum absolute atomic E-state index is 0.612. The minimum Gasteiger partial charge on any atom is -0.375 e. The van der Waals surface area contributed by atoms with E-state index in [1.54, 1.807) is 6.20 Å². The Kier molecular flexibility index (Phi) is 1.79. The molecule has 0 unspecified atom stereocenters. The molecule has 0 saturated carbocycles. The van der Waals surface area contributed by atoms with Gasteiger partial charge in [-0.15, -0.1) is 11.3 Å². The van der Waals surface area contributed by atoms with Crippen molar-refractivity contribution in [2.75, 3.05) is 5.73 Å². The number of aromatic nitrogens is 3. The van der Waals surface area contributed by atoms with Gasteiger partial charge < -0.3 is 5.73 Å². The maximum atomic E-state index is 5.49. The molecule has 12 heavy (non-hydrogen) atoms. The van der Waals surface area contributed by atoms with Crippen molar-refractivity contribution in [2.45, 2.75) is 6.42 Å². The van der Waals surface area contributed by atoms with Crippen LogP contribution in [0.25, 0.3) is 0 Å². The van der Waals surface area contributed by atoms with Crippen LogP contribution in [0.2, 0.25) is 0 Å². The lowest BCUT2D eigenvalue weighted by Gasteiger charge is -1.88. The van der Waals surface area contributed by atoms with E-state index in [-0.39, 0.29) is 0 Å². The fourth-order valence-electron chi connectivity index (χ4n) is 0.979. The highest BCUT2D eigenvalue weighted by molar-refractivity contribution is 7.13. The first-order valence-corrected chi connectivity index (χ1v) is 4.41. The minimum atomic E-state index is 0.612. The third kappa shape index (κ3) is 1.45. The summed E-state index contributed by atoms with van der Waals surface area (Å²) in [4.78, 5) is 4.13. The number of nitrogens with one attached hydrogen (secondary N) is 1. The van der Waals surface area contributed by atoms with E-state index in [0.717, 1.165) is 17.8 Å². The Morgan fingerprint density at radius 2 is 2.42 bits per heavy atom. The topological polar surface area (TPSA) is 67.6 Å². The first-order valence-electron chi connectivity index (χ1n) is 3.53. The Bertz CT molecular complexity index is 351. The van der Waals surface area contributed by atoms with Crippen LogP contribution in [-0.4, -0.2) is 15.2 Å². The van der Waals surface area contributed by atoms with Gasteiger partial charge in [-0.05, 0) is 6.07 Å². The van der Waals surface area contributed by atoms with Crippen molar-refractivity contribution in [1.29, 1.82) is 0 Å². The SMILES string of the molecule is Nc1nc(Cc2cc[nH]n2)cs1. The number of thiazole rings is 1. The highest BCUT2D eigenvalue weighted by Crippen LogP contribution is 2.13. The first-order chi connectivity index (χ1) is 5.84. The Morgan fingerprint density at radius 3 is 3.00 bits per heavy atom. The Hall–Kier alpha value is -1.36. The predicted octanol–water partition coefficient (Wildman–Crippen LogP) is 1.04. The van der Waals surface area contributed by atoms with Gasteiger partial charge in [0.05, 0.1) is 11.4 Å². The number of H-pyrrole nitrogens is 1. The molecule has 0 bridgehead atoms. The molecule has 0 aliphatic rings. The van der Waals surface area contributed by atoms with E-state index in [1.165, 1.54) is 11.3 Å². The molecule has 2 rings (SSSR count). The maximum Gasteiger partial charge on any atom is 0.180 e. The van der Waals surface area contributed by atoms with Gasteiger partial charge in [0.15, 0.2) is 5.13 Å². The van der Waals surface area contributed by atoms with Crippen molar-refractivity contribution in [3.8, 4) is 0 Å². The Labute approximate surface area is 73.5 Å². The van der Waals surface area contributed by atoms with Gasteiger partial charge in [-0.1, -0.05) is 0 Å². The zero-order chi connectivity index (χ0) is 8.39. The van der Waals surface area contributed by atoms with E-state index in [2.05, 4.69) is 15.2 Å². The third-order valence-electron chi connectivity index (χ3n) is 1.49. The summed E-state index contributed by atoms with van der Waals surface area (Å²) >= 11 is 1.45. The number of nitrogen functional groups attached to an aromatic ring is 1. The summed E-state index contributed by atoms with van der Waals surface area (Å²) in [5.41, 5.74) is 7.45. The molecule has 0 atom stereocenters. The van der Waals surface area contributed by atoms with Crippen molar-refractivity contribution in [3.05, 3.63) is 29.0 Å². The molecule has 0 spiro atoms. The molecule has 62 valence electrons.